The minimum atomic E-state index is 0.665. The summed E-state index contributed by atoms with van der Waals surface area (Å²) in [4.78, 5) is 0. The summed E-state index contributed by atoms with van der Waals surface area (Å²) in [6, 6.07) is 9.77. The van der Waals surface area contributed by atoms with Crippen LogP contribution in [0.2, 0.25) is 0 Å². The zero-order valence-electron chi connectivity index (χ0n) is 9.79. The third kappa shape index (κ3) is 3.03. The average molecular weight is 296 g/mol. The number of benzene rings is 1. The molecule has 1 aromatic heterocycles. The number of hydrogen-bond donors (Lipinski definition) is 1. The average Bonchev–Trinajstić information content (AvgIpc) is 2.73. The molecule has 2 rings (SSSR count). The monoisotopic (exact) mass is 295 g/mol. The Balaban J connectivity index is 2.04. The molecule has 2 aromatic rings. The summed E-state index contributed by atoms with van der Waals surface area (Å²) in [7, 11) is 1.67. The van der Waals surface area contributed by atoms with Gasteiger partial charge in [0.05, 0.1) is 13.7 Å². The van der Waals surface area contributed by atoms with Crippen LogP contribution in [-0.2, 0) is 6.54 Å². The van der Waals surface area contributed by atoms with Gasteiger partial charge in [0.15, 0.2) is 4.67 Å². The molecule has 0 saturated heterocycles. The van der Waals surface area contributed by atoms with Crippen molar-refractivity contribution in [1.29, 1.82) is 0 Å². The van der Waals surface area contributed by atoms with Gasteiger partial charge in [-0.05, 0) is 58.7 Å². The summed E-state index contributed by atoms with van der Waals surface area (Å²) in [5, 5.41) is 3.32. The van der Waals surface area contributed by atoms with E-state index in [0.717, 1.165) is 27.4 Å². The highest BCUT2D eigenvalue weighted by atomic mass is 79.9. The van der Waals surface area contributed by atoms with Crippen LogP contribution in [-0.4, -0.2) is 7.11 Å². The molecule has 0 unspecified atom stereocenters. The van der Waals surface area contributed by atoms with E-state index in [-0.39, 0.29) is 0 Å². The molecule has 0 radical (unpaired) electrons. The molecule has 1 aromatic carbocycles. The molecule has 90 valence electrons. The Hall–Kier alpha value is -1.42. The van der Waals surface area contributed by atoms with Gasteiger partial charge in [-0.2, -0.15) is 0 Å². The molecule has 0 atom stereocenters. The lowest BCUT2D eigenvalue weighted by molar-refractivity contribution is 0.414. The zero-order valence-corrected chi connectivity index (χ0v) is 11.4. The first-order valence-electron chi connectivity index (χ1n) is 5.32. The lowest BCUT2D eigenvalue weighted by Crippen LogP contribution is -2.00. The van der Waals surface area contributed by atoms with Crippen molar-refractivity contribution in [3.63, 3.8) is 0 Å². The van der Waals surface area contributed by atoms with Crippen LogP contribution in [0.4, 0.5) is 5.69 Å². The third-order valence-corrected chi connectivity index (χ3v) is 2.94. The van der Waals surface area contributed by atoms with Crippen LogP contribution in [0.5, 0.6) is 5.75 Å². The fourth-order valence-corrected chi connectivity index (χ4v) is 1.93. The Kier molecular flexibility index (Phi) is 3.74. The van der Waals surface area contributed by atoms with Gasteiger partial charge in [-0.25, -0.2) is 0 Å². The summed E-state index contributed by atoms with van der Waals surface area (Å²) in [6.45, 7) is 2.71. The van der Waals surface area contributed by atoms with Gasteiger partial charge < -0.3 is 14.5 Å². The maximum Gasteiger partial charge on any atom is 0.169 e. The third-order valence-electron chi connectivity index (χ3n) is 2.52. The fourth-order valence-electron chi connectivity index (χ4n) is 1.59. The van der Waals surface area contributed by atoms with Gasteiger partial charge in [0.25, 0.3) is 0 Å². The summed E-state index contributed by atoms with van der Waals surface area (Å²) >= 11 is 3.28. The molecule has 1 heterocycles. The van der Waals surface area contributed by atoms with Gasteiger partial charge in [0, 0.05) is 5.69 Å². The second-order valence-electron chi connectivity index (χ2n) is 3.74. The highest BCUT2D eigenvalue weighted by molar-refractivity contribution is 9.10. The molecule has 0 bridgehead atoms. The van der Waals surface area contributed by atoms with Crippen molar-refractivity contribution >= 4 is 21.6 Å². The van der Waals surface area contributed by atoms with Crippen molar-refractivity contribution in [2.24, 2.45) is 0 Å². The van der Waals surface area contributed by atoms with Crippen molar-refractivity contribution in [3.8, 4) is 5.75 Å². The number of anilines is 1. The van der Waals surface area contributed by atoms with Crippen molar-refractivity contribution in [3.05, 3.63) is 46.3 Å². The number of aryl methyl sites for hydroxylation is 1. The number of rotatable bonds is 4. The van der Waals surface area contributed by atoms with Gasteiger partial charge in [0.2, 0.25) is 0 Å². The minimum absolute atomic E-state index is 0.665. The molecule has 1 N–H and O–H groups in total. The normalized spacial score (nSPS) is 10.3. The van der Waals surface area contributed by atoms with Gasteiger partial charge in [-0.3, -0.25) is 0 Å². The quantitative estimate of drug-likeness (QED) is 0.927. The SMILES string of the molecule is COc1ccc(NCc2ccc(Br)o2)c(C)c1. The minimum Gasteiger partial charge on any atom is -0.497 e. The first kappa shape index (κ1) is 12.0. The number of nitrogens with one attached hydrogen (secondary N) is 1. The van der Waals surface area contributed by atoms with Gasteiger partial charge in [0.1, 0.15) is 11.5 Å². The lowest BCUT2D eigenvalue weighted by Gasteiger charge is -2.09. The van der Waals surface area contributed by atoms with Crippen LogP contribution in [0.15, 0.2) is 39.4 Å². The van der Waals surface area contributed by atoms with Crippen molar-refractivity contribution in [2.45, 2.75) is 13.5 Å². The van der Waals surface area contributed by atoms with E-state index in [0.29, 0.717) is 6.54 Å². The summed E-state index contributed by atoms with van der Waals surface area (Å²) < 4.78 is 11.3. The number of furan rings is 1. The van der Waals surface area contributed by atoms with Crippen LogP contribution in [0.3, 0.4) is 0 Å². The predicted octanol–water partition coefficient (Wildman–Crippen LogP) is 3.97. The summed E-state index contributed by atoms with van der Waals surface area (Å²) in [6.07, 6.45) is 0. The smallest absolute Gasteiger partial charge is 0.169 e. The molecule has 0 amide bonds. The maximum absolute atomic E-state index is 5.42. The number of methoxy groups -OCH3 is 1. The van der Waals surface area contributed by atoms with E-state index in [1.807, 2.05) is 37.3 Å². The predicted molar refractivity (Wildman–Crippen MR) is 71.5 cm³/mol. The number of halogens is 1. The highest BCUT2D eigenvalue weighted by Gasteiger charge is 2.02. The van der Waals surface area contributed by atoms with Crippen molar-refractivity contribution in [2.75, 3.05) is 12.4 Å². The largest absolute Gasteiger partial charge is 0.497 e. The standard InChI is InChI=1S/C13H14BrNO2/c1-9-7-10(16-2)3-5-12(9)15-8-11-4-6-13(14)17-11/h3-7,15H,8H2,1-2H3. The number of ether oxygens (including phenoxy) is 1. The first-order chi connectivity index (χ1) is 8.19. The van der Waals surface area contributed by atoms with E-state index >= 15 is 0 Å². The lowest BCUT2D eigenvalue weighted by atomic mass is 10.2. The Labute approximate surface area is 109 Å². The fraction of sp³-hybridized carbons (Fsp3) is 0.231. The molecule has 0 aliphatic carbocycles. The van der Waals surface area contributed by atoms with Crippen molar-refractivity contribution < 1.29 is 9.15 Å². The van der Waals surface area contributed by atoms with Gasteiger partial charge in [-0.1, -0.05) is 0 Å². The molecular formula is C13H14BrNO2. The molecule has 17 heavy (non-hydrogen) atoms. The number of hydrogen-bond acceptors (Lipinski definition) is 3. The van der Waals surface area contributed by atoms with Crippen LogP contribution in [0.1, 0.15) is 11.3 Å². The topological polar surface area (TPSA) is 34.4 Å². The second-order valence-corrected chi connectivity index (χ2v) is 4.52. The molecule has 4 heteroatoms. The molecule has 3 nitrogen and oxygen atoms in total. The van der Waals surface area contributed by atoms with Crippen LogP contribution < -0.4 is 10.1 Å². The molecular weight excluding hydrogens is 282 g/mol. The molecule has 0 saturated carbocycles. The van der Waals surface area contributed by atoms with Crippen LogP contribution in [0.25, 0.3) is 0 Å². The van der Waals surface area contributed by atoms with E-state index in [1.165, 1.54) is 0 Å². The maximum atomic E-state index is 5.42. The molecule has 0 aliphatic heterocycles. The highest BCUT2D eigenvalue weighted by Crippen LogP contribution is 2.22. The van der Waals surface area contributed by atoms with Crippen LogP contribution >= 0.6 is 15.9 Å². The van der Waals surface area contributed by atoms with Gasteiger partial charge >= 0.3 is 0 Å². The van der Waals surface area contributed by atoms with E-state index in [4.69, 9.17) is 9.15 Å². The van der Waals surface area contributed by atoms with E-state index in [1.54, 1.807) is 7.11 Å². The molecule has 0 spiro atoms. The zero-order chi connectivity index (χ0) is 12.3. The van der Waals surface area contributed by atoms with Gasteiger partial charge in [-0.15, -0.1) is 0 Å². The Bertz CT molecular complexity index is 508. The summed E-state index contributed by atoms with van der Waals surface area (Å²) in [5.74, 6) is 1.76. The molecule has 0 aliphatic rings. The van der Waals surface area contributed by atoms with E-state index < -0.39 is 0 Å². The van der Waals surface area contributed by atoms with E-state index in [2.05, 4.69) is 21.2 Å². The Morgan fingerprint density at radius 1 is 1.29 bits per heavy atom. The molecule has 0 fully saturated rings. The Morgan fingerprint density at radius 2 is 2.12 bits per heavy atom. The van der Waals surface area contributed by atoms with E-state index in [9.17, 15) is 0 Å². The Morgan fingerprint density at radius 3 is 2.71 bits per heavy atom. The van der Waals surface area contributed by atoms with Crippen molar-refractivity contribution in [1.82, 2.24) is 0 Å². The summed E-state index contributed by atoms with van der Waals surface area (Å²) in [5.41, 5.74) is 2.23. The second kappa shape index (κ2) is 5.27. The first-order valence-corrected chi connectivity index (χ1v) is 6.11. The van der Waals surface area contributed by atoms with Crippen LogP contribution in [0, 0.1) is 6.92 Å².